The molecule has 1 N–H and O–H groups in total. The first-order chi connectivity index (χ1) is 8.25. The number of nitrogens with zero attached hydrogens (tertiary/aromatic N) is 2. The number of rotatable bonds is 4. The summed E-state index contributed by atoms with van der Waals surface area (Å²) < 4.78 is 0. The zero-order valence-corrected chi connectivity index (χ0v) is 10.9. The molecule has 94 valence electrons. The maximum Gasteiger partial charge on any atom is 0.131 e. The van der Waals surface area contributed by atoms with Gasteiger partial charge in [-0.25, -0.2) is 9.97 Å². The maximum atomic E-state index is 4.53. The van der Waals surface area contributed by atoms with Crippen LogP contribution in [0.5, 0.6) is 0 Å². The van der Waals surface area contributed by atoms with Gasteiger partial charge in [-0.15, -0.1) is 0 Å². The van der Waals surface area contributed by atoms with E-state index in [1.165, 1.54) is 37.7 Å². The average molecular weight is 233 g/mol. The second-order valence-corrected chi connectivity index (χ2v) is 5.32. The van der Waals surface area contributed by atoms with Gasteiger partial charge in [-0.2, -0.15) is 0 Å². The second-order valence-electron chi connectivity index (χ2n) is 5.32. The molecule has 0 bridgehead atoms. The fourth-order valence-electron chi connectivity index (χ4n) is 2.35. The van der Waals surface area contributed by atoms with Crippen molar-refractivity contribution in [2.45, 2.75) is 64.5 Å². The molecule has 0 amide bonds. The maximum absolute atomic E-state index is 4.53. The van der Waals surface area contributed by atoms with E-state index in [1.807, 2.05) is 12.4 Å². The van der Waals surface area contributed by atoms with Crippen molar-refractivity contribution in [1.82, 2.24) is 15.3 Å². The molecule has 17 heavy (non-hydrogen) atoms. The normalized spacial score (nSPS) is 17.6. The second kappa shape index (κ2) is 6.10. The average Bonchev–Trinajstić information content (AvgIpc) is 2.38. The topological polar surface area (TPSA) is 37.8 Å². The molecule has 0 aliphatic heterocycles. The smallest absolute Gasteiger partial charge is 0.131 e. The Bertz CT molecular complexity index is 326. The minimum atomic E-state index is 0.507. The zero-order valence-electron chi connectivity index (χ0n) is 10.9. The molecule has 0 spiro atoms. The lowest BCUT2D eigenvalue weighted by molar-refractivity contribution is 0.428. The standard InChI is InChI=1S/C14H23N3/c1-11(2)15-8-12-9-16-14(17-10-12)13-6-4-3-5-7-13/h9-11,13,15H,3-8H2,1-2H3. The van der Waals surface area contributed by atoms with E-state index in [9.17, 15) is 0 Å². The molecule has 3 nitrogen and oxygen atoms in total. The van der Waals surface area contributed by atoms with Gasteiger partial charge in [0.1, 0.15) is 5.82 Å². The van der Waals surface area contributed by atoms with Crippen molar-refractivity contribution in [1.29, 1.82) is 0 Å². The van der Waals surface area contributed by atoms with Gasteiger partial charge >= 0.3 is 0 Å². The number of aromatic nitrogens is 2. The van der Waals surface area contributed by atoms with Gasteiger partial charge in [0, 0.05) is 36.5 Å². The largest absolute Gasteiger partial charge is 0.310 e. The van der Waals surface area contributed by atoms with E-state index in [-0.39, 0.29) is 0 Å². The van der Waals surface area contributed by atoms with Crippen LogP contribution in [0.15, 0.2) is 12.4 Å². The molecule has 0 unspecified atom stereocenters. The Morgan fingerprint density at radius 3 is 2.41 bits per heavy atom. The van der Waals surface area contributed by atoms with E-state index in [2.05, 4.69) is 29.1 Å². The fraction of sp³-hybridized carbons (Fsp3) is 0.714. The van der Waals surface area contributed by atoms with Crippen molar-refractivity contribution in [2.24, 2.45) is 0 Å². The first kappa shape index (κ1) is 12.5. The Morgan fingerprint density at radius 2 is 1.82 bits per heavy atom. The van der Waals surface area contributed by atoms with Gasteiger partial charge in [0.2, 0.25) is 0 Å². The summed E-state index contributed by atoms with van der Waals surface area (Å²) in [5.41, 5.74) is 1.18. The lowest BCUT2D eigenvalue weighted by Crippen LogP contribution is -2.22. The summed E-state index contributed by atoms with van der Waals surface area (Å²) in [6, 6.07) is 0.507. The number of nitrogens with one attached hydrogen (secondary N) is 1. The lowest BCUT2D eigenvalue weighted by Gasteiger charge is -2.20. The van der Waals surface area contributed by atoms with Gasteiger partial charge in [0.25, 0.3) is 0 Å². The predicted octanol–water partition coefficient (Wildman–Crippen LogP) is 3.02. The molecule has 0 atom stereocenters. The van der Waals surface area contributed by atoms with Crippen molar-refractivity contribution < 1.29 is 0 Å². The monoisotopic (exact) mass is 233 g/mol. The van der Waals surface area contributed by atoms with Crippen LogP contribution in [0.1, 0.15) is 63.3 Å². The molecule has 3 heteroatoms. The summed E-state index contributed by atoms with van der Waals surface area (Å²) in [6.07, 6.45) is 10.5. The highest BCUT2D eigenvalue weighted by molar-refractivity contribution is 5.07. The SMILES string of the molecule is CC(C)NCc1cnc(C2CCCCC2)nc1. The highest BCUT2D eigenvalue weighted by atomic mass is 14.9. The van der Waals surface area contributed by atoms with Crippen LogP contribution in [0.2, 0.25) is 0 Å². The van der Waals surface area contributed by atoms with Crippen molar-refractivity contribution in [3.05, 3.63) is 23.8 Å². The van der Waals surface area contributed by atoms with Crippen molar-refractivity contribution in [2.75, 3.05) is 0 Å². The third-order valence-electron chi connectivity index (χ3n) is 3.41. The summed E-state index contributed by atoms with van der Waals surface area (Å²) in [5, 5.41) is 3.38. The molecule has 0 radical (unpaired) electrons. The van der Waals surface area contributed by atoms with E-state index < -0.39 is 0 Å². The minimum Gasteiger partial charge on any atom is -0.310 e. The van der Waals surface area contributed by atoms with Gasteiger partial charge in [-0.1, -0.05) is 33.1 Å². The fourth-order valence-corrected chi connectivity index (χ4v) is 2.35. The zero-order chi connectivity index (χ0) is 12.1. The summed E-state index contributed by atoms with van der Waals surface area (Å²) in [4.78, 5) is 9.06. The van der Waals surface area contributed by atoms with Crippen molar-refractivity contribution in [3.8, 4) is 0 Å². The van der Waals surface area contributed by atoms with E-state index in [0.29, 0.717) is 12.0 Å². The predicted molar refractivity (Wildman–Crippen MR) is 69.8 cm³/mol. The van der Waals surface area contributed by atoms with Gasteiger partial charge in [0.05, 0.1) is 0 Å². The van der Waals surface area contributed by atoms with Crippen LogP contribution < -0.4 is 5.32 Å². The van der Waals surface area contributed by atoms with E-state index in [4.69, 9.17) is 0 Å². The molecule has 2 rings (SSSR count). The Labute approximate surface area is 104 Å². The Morgan fingerprint density at radius 1 is 1.18 bits per heavy atom. The van der Waals surface area contributed by atoms with Crippen LogP contribution in [0.4, 0.5) is 0 Å². The highest BCUT2D eigenvalue weighted by Gasteiger charge is 2.17. The molecular weight excluding hydrogens is 210 g/mol. The summed E-state index contributed by atoms with van der Waals surface area (Å²) >= 11 is 0. The molecule has 1 saturated carbocycles. The van der Waals surface area contributed by atoms with Crippen LogP contribution in [-0.2, 0) is 6.54 Å². The molecule has 1 aliphatic carbocycles. The van der Waals surface area contributed by atoms with Gasteiger partial charge < -0.3 is 5.32 Å². The Kier molecular flexibility index (Phi) is 4.49. The van der Waals surface area contributed by atoms with Crippen molar-refractivity contribution in [3.63, 3.8) is 0 Å². The lowest BCUT2D eigenvalue weighted by atomic mass is 9.89. The van der Waals surface area contributed by atoms with Crippen LogP contribution in [-0.4, -0.2) is 16.0 Å². The van der Waals surface area contributed by atoms with Crippen LogP contribution in [0.25, 0.3) is 0 Å². The van der Waals surface area contributed by atoms with Crippen molar-refractivity contribution >= 4 is 0 Å². The van der Waals surface area contributed by atoms with E-state index in [1.54, 1.807) is 0 Å². The minimum absolute atomic E-state index is 0.507. The van der Waals surface area contributed by atoms with Crippen LogP contribution >= 0.6 is 0 Å². The third-order valence-corrected chi connectivity index (χ3v) is 3.41. The molecule has 0 saturated heterocycles. The molecule has 1 aromatic heterocycles. The van der Waals surface area contributed by atoms with E-state index in [0.717, 1.165) is 12.4 Å². The van der Waals surface area contributed by atoms with Crippen LogP contribution in [0, 0.1) is 0 Å². The van der Waals surface area contributed by atoms with Gasteiger partial charge in [-0.05, 0) is 12.8 Å². The van der Waals surface area contributed by atoms with Crippen LogP contribution in [0.3, 0.4) is 0 Å². The molecule has 1 heterocycles. The van der Waals surface area contributed by atoms with E-state index >= 15 is 0 Å². The summed E-state index contributed by atoms with van der Waals surface area (Å²) in [7, 11) is 0. The quantitative estimate of drug-likeness (QED) is 0.868. The molecule has 1 fully saturated rings. The van der Waals surface area contributed by atoms with Gasteiger partial charge in [-0.3, -0.25) is 0 Å². The van der Waals surface area contributed by atoms with Gasteiger partial charge in [0.15, 0.2) is 0 Å². The highest BCUT2D eigenvalue weighted by Crippen LogP contribution is 2.30. The number of hydrogen-bond acceptors (Lipinski definition) is 3. The molecule has 1 aromatic rings. The number of hydrogen-bond donors (Lipinski definition) is 1. The molecule has 1 aliphatic rings. The summed E-state index contributed by atoms with van der Waals surface area (Å²) in [6.45, 7) is 5.16. The third kappa shape index (κ3) is 3.77. The molecular formula is C14H23N3. The molecule has 0 aromatic carbocycles. The first-order valence-electron chi connectivity index (χ1n) is 6.80. The first-order valence-corrected chi connectivity index (χ1v) is 6.80. The Hall–Kier alpha value is -0.960. The summed E-state index contributed by atoms with van der Waals surface area (Å²) in [5.74, 6) is 1.66. The Balaban J connectivity index is 1.92.